The monoisotopic (exact) mass is 649 g/mol. The molecule has 7 nitrogen and oxygen atoms in total. The molecule has 0 fully saturated rings. The first-order valence-corrected chi connectivity index (χ1v) is 16.3. The van der Waals surface area contributed by atoms with Crippen LogP contribution in [0.4, 0.5) is 10.1 Å². The normalized spacial score (nSPS) is 12.3. The van der Waals surface area contributed by atoms with Crippen LogP contribution in [0.25, 0.3) is 0 Å². The Morgan fingerprint density at radius 3 is 2.11 bits per heavy atom. The van der Waals surface area contributed by atoms with E-state index < -0.39 is 45.8 Å². The molecule has 4 aromatic carbocycles. The molecule has 45 heavy (non-hydrogen) atoms. The molecule has 0 aromatic heterocycles. The molecule has 10 heteroatoms. The predicted octanol–water partition coefficient (Wildman–Crippen LogP) is 6.54. The van der Waals surface area contributed by atoms with Crippen LogP contribution in [0.3, 0.4) is 0 Å². The Bertz CT molecular complexity index is 1730. The highest BCUT2D eigenvalue weighted by atomic mass is 35.5. The molecule has 0 saturated heterocycles. The number of hydrogen-bond donors (Lipinski definition) is 1. The first-order chi connectivity index (χ1) is 21.2. The van der Waals surface area contributed by atoms with Gasteiger partial charge in [0, 0.05) is 23.5 Å². The van der Waals surface area contributed by atoms with E-state index in [9.17, 15) is 22.4 Å². The summed E-state index contributed by atoms with van der Waals surface area (Å²) in [5.74, 6) is -1.48. The van der Waals surface area contributed by atoms with Gasteiger partial charge in [-0.05, 0) is 81.3 Å². The minimum absolute atomic E-state index is 0.00253. The Morgan fingerprint density at radius 1 is 0.867 bits per heavy atom. The number of hydrogen-bond acceptors (Lipinski definition) is 4. The maximum atomic E-state index is 14.4. The summed E-state index contributed by atoms with van der Waals surface area (Å²) < 4.78 is 43.0. The van der Waals surface area contributed by atoms with E-state index in [1.54, 1.807) is 30.3 Å². The highest BCUT2D eigenvalue weighted by molar-refractivity contribution is 7.92. The summed E-state index contributed by atoms with van der Waals surface area (Å²) in [4.78, 5) is 29.7. The van der Waals surface area contributed by atoms with Crippen molar-refractivity contribution in [2.24, 2.45) is 0 Å². The van der Waals surface area contributed by atoms with Crippen molar-refractivity contribution in [2.45, 2.75) is 57.1 Å². The molecule has 0 radical (unpaired) electrons. The average Bonchev–Trinajstić information content (AvgIpc) is 2.98. The fourth-order valence-corrected chi connectivity index (χ4v) is 6.38. The number of sulfonamides is 1. The van der Waals surface area contributed by atoms with Crippen LogP contribution in [-0.2, 0) is 32.6 Å². The highest BCUT2D eigenvalue weighted by Gasteiger charge is 2.35. The third-order valence-electron chi connectivity index (χ3n) is 7.02. The van der Waals surface area contributed by atoms with Crippen molar-refractivity contribution in [3.8, 4) is 0 Å². The van der Waals surface area contributed by atoms with Crippen LogP contribution >= 0.6 is 11.6 Å². The van der Waals surface area contributed by atoms with E-state index in [2.05, 4.69) is 5.32 Å². The minimum atomic E-state index is -4.25. The summed E-state index contributed by atoms with van der Waals surface area (Å²) >= 11 is 6.27. The van der Waals surface area contributed by atoms with E-state index in [-0.39, 0.29) is 23.5 Å². The Labute approximate surface area is 269 Å². The predicted molar refractivity (Wildman–Crippen MR) is 176 cm³/mol. The molecule has 0 bridgehead atoms. The average molecular weight is 650 g/mol. The lowest BCUT2D eigenvalue weighted by molar-refractivity contribution is -0.140. The smallest absolute Gasteiger partial charge is 0.264 e. The summed E-state index contributed by atoms with van der Waals surface area (Å²) in [5.41, 5.74) is 1.83. The van der Waals surface area contributed by atoms with Crippen molar-refractivity contribution >= 4 is 39.1 Å². The van der Waals surface area contributed by atoms with Crippen molar-refractivity contribution in [1.29, 1.82) is 0 Å². The van der Waals surface area contributed by atoms with Gasteiger partial charge >= 0.3 is 0 Å². The van der Waals surface area contributed by atoms with Gasteiger partial charge in [0.2, 0.25) is 11.8 Å². The van der Waals surface area contributed by atoms with Gasteiger partial charge in [0.15, 0.2) is 0 Å². The number of anilines is 1. The summed E-state index contributed by atoms with van der Waals surface area (Å²) in [6, 6.07) is 26.4. The third kappa shape index (κ3) is 9.15. The van der Waals surface area contributed by atoms with E-state index in [0.717, 1.165) is 15.4 Å². The molecular formula is C35H37ClFN3O4S. The van der Waals surface area contributed by atoms with Gasteiger partial charge in [-0.15, -0.1) is 0 Å². The molecule has 2 amide bonds. The van der Waals surface area contributed by atoms with Gasteiger partial charge in [-0.2, -0.15) is 0 Å². The van der Waals surface area contributed by atoms with Crippen LogP contribution in [0.5, 0.6) is 0 Å². The Balaban J connectivity index is 1.81. The maximum Gasteiger partial charge on any atom is 0.264 e. The zero-order chi connectivity index (χ0) is 32.8. The van der Waals surface area contributed by atoms with Crippen LogP contribution in [-0.4, -0.2) is 43.3 Å². The van der Waals surface area contributed by atoms with E-state index in [1.807, 2.05) is 58.0 Å². The third-order valence-corrected chi connectivity index (χ3v) is 9.04. The summed E-state index contributed by atoms with van der Waals surface area (Å²) in [5, 5.41) is 3.27. The van der Waals surface area contributed by atoms with Crippen LogP contribution in [0.2, 0.25) is 5.02 Å². The van der Waals surface area contributed by atoms with Crippen molar-refractivity contribution in [3.05, 3.63) is 131 Å². The van der Waals surface area contributed by atoms with E-state index >= 15 is 0 Å². The molecule has 4 aromatic rings. The van der Waals surface area contributed by atoms with Crippen molar-refractivity contribution in [2.75, 3.05) is 10.8 Å². The van der Waals surface area contributed by atoms with Crippen molar-refractivity contribution in [3.63, 3.8) is 0 Å². The van der Waals surface area contributed by atoms with E-state index in [0.29, 0.717) is 10.6 Å². The SMILES string of the molecule is Cc1ccc(S(=O)(=O)N(CC(=O)N(Cc2ccc(F)cc2)[C@H](Cc2ccccc2)C(=O)NC(C)(C)C)c2cccc(Cl)c2)cc1. The second kappa shape index (κ2) is 14.3. The fraction of sp³-hybridized carbons (Fsp3) is 0.257. The number of nitrogens with zero attached hydrogens (tertiary/aromatic N) is 2. The molecule has 1 atom stereocenters. The zero-order valence-electron chi connectivity index (χ0n) is 25.7. The Hall–Kier alpha value is -4.21. The van der Waals surface area contributed by atoms with E-state index in [1.165, 1.54) is 47.4 Å². The minimum Gasteiger partial charge on any atom is -0.350 e. The second-order valence-corrected chi connectivity index (χ2v) is 14.2. The number of amides is 2. The topological polar surface area (TPSA) is 86.8 Å². The lowest BCUT2D eigenvalue weighted by Crippen LogP contribution is -2.56. The number of carbonyl (C=O) groups excluding carboxylic acids is 2. The number of rotatable bonds is 11. The summed E-state index contributed by atoms with van der Waals surface area (Å²) in [6.45, 7) is 6.67. The molecule has 0 aliphatic rings. The molecular weight excluding hydrogens is 613 g/mol. The van der Waals surface area contributed by atoms with E-state index in [4.69, 9.17) is 11.6 Å². The van der Waals surface area contributed by atoms with Crippen LogP contribution < -0.4 is 9.62 Å². The van der Waals surface area contributed by atoms with Gasteiger partial charge < -0.3 is 10.2 Å². The van der Waals surface area contributed by atoms with Crippen molar-refractivity contribution in [1.82, 2.24) is 10.2 Å². The highest BCUT2D eigenvalue weighted by Crippen LogP contribution is 2.27. The quantitative estimate of drug-likeness (QED) is 0.200. The molecule has 0 spiro atoms. The Morgan fingerprint density at radius 2 is 1.51 bits per heavy atom. The van der Waals surface area contributed by atoms with Crippen LogP contribution in [0, 0.1) is 12.7 Å². The van der Waals surface area contributed by atoms with Gasteiger partial charge in [-0.1, -0.05) is 77.8 Å². The standard InChI is InChI=1S/C35H37ClFN3O4S/c1-25-13-19-31(20-14-25)45(43,44)40(30-12-8-11-28(36)22-30)24-33(41)39(23-27-15-17-29(37)18-16-27)32(34(42)38-35(2,3)4)21-26-9-6-5-7-10-26/h5-20,22,32H,21,23-24H2,1-4H3,(H,38,42)/t32-/m1/s1. The molecule has 0 heterocycles. The van der Waals surface area contributed by atoms with Gasteiger partial charge in [-0.25, -0.2) is 12.8 Å². The first kappa shape index (κ1) is 33.7. The molecule has 4 rings (SSSR count). The number of nitrogens with one attached hydrogen (secondary N) is 1. The van der Waals surface area contributed by atoms with Gasteiger partial charge in [0.25, 0.3) is 10.0 Å². The Kier molecular flexibility index (Phi) is 10.7. The number of carbonyl (C=O) groups is 2. The number of halogens is 2. The molecule has 0 saturated carbocycles. The molecule has 0 aliphatic heterocycles. The first-order valence-electron chi connectivity index (χ1n) is 14.5. The maximum absolute atomic E-state index is 14.4. The van der Waals surface area contributed by atoms with Gasteiger partial charge in [0.05, 0.1) is 10.6 Å². The van der Waals surface area contributed by atoms with Crippen LogP contribution in [0.15, 0.2) is 108 Å². The van der Waals surface area contributed by atoms with Crippen molar-refractivity contribution < 1.29 is 22.4 Å². The van der Waals surface area contributed by atoms with Crippen LogP contribution in [0.1, 0.15) is 37.5 Å². The number of aryl methyl sites for hydroxylation is 1. The molecule has 0 aliphatic carbocycles. The molecule has 0 unspecified atom stereocenters. The fourth-order valence-electron chi connectivity index (χ4n) is 4.79. The number of benzene rings is 4. The lowest BCUT2D eigenvalue weighted by Gasteiger charge is -2.35. The summed E-state index contributed by atoms with van der Waals surface area (Å²) in [7, 11) is -4.25. The molecule has 236 valence electrons. The molecule has 1 N–H and O–H groups in total. The summed E-state index contributed by atoms with van der Waals surface area (Å²) in [6.07, 6.45) is 0.164. The zero-order valence-corrected chi connectivity index (χ0v) is 27.3. The van der Waals surface area contributed by atoms with Gasteiger partial charge in [-0.3, -0.25) is 13.9 Å². The van der Waals surface area contributed by atoms with Gasteiger partial charge in [0.1, 0.15) is 18.4 Å². The lowest BCUT2D eigenvalue weighted by atomic mass is 10.0. The largest absolute Gasteiger partial charge is 0.350 e. The second-order valence-electron chi connectivity index (χ2n) is 11.9.